The van der Waals surface area contributed by atoms with Crippen molar-refractivity contribution in [2.24, 2.45) is 0 Å². The number of hydrogen-bond acceptors (Lipinski definition) is 7. The summed E-state index contributed by atoms with van der Waals surface area (Å²) >= 11 is 0. The first-order valence-corrected chi connectivity index (χ1v) is 10.2. The van der Waals surface area contributed by atoms with E-state index in [4.69, 9.17) is 9.47 Å². The maximum atomic E-state index is 14.3. The highest BCUT2D eigenvalue weighted by Gasteiger charge is 2.19. The monoisotopic (exact) mass is 435 g/mol. The third kappa shape index (κ3) is 3.67. The molecule has 0 unspecified atom stereocenters. The third-order valence-corrected chi connectivity index (χ3v) is 5.46. The molecule has 5 rings (SSSR count). The van der Waals surface area contributed by atoms with Crippen LogP contribution in [0.1, 0.15) is 0 Å². The number of hydrogen-bond donors (Lipinski definition) is 2. The largest absolute Gasteiger partial charge is 0.502 e. The van der Waals surface area contributed by atoms with Crippen LogP contribution in [0.15, 0.2) is 55.0 Å². The van der Waals surface area contributed by atoms with Gasteiger partial charge in [-0.25, -0.2) is 9.37 Å². The van der Waals surface area contributed by atoms with E-state index in [2.05, 4.69) is 32.3 Å². The van der Waals surface area contributed by atoms with Gasteiger partial charge in [0.25, 0.3) is 0 Å². The number of benzene rings is 2. The van der Waals surface area contributed by atoms with Gasteiger partial charge in [0.2, 0.25) is 0 Å². The van der Waals surface area contributed by atoms with Gasteiger partial charge in [0.15, 0.2) is 23.0 Å². The van der Waals surface area contributed by atoms with Crippen LogP contribution in [0.25, 0.3) is 16.9 Å². The summed E-state index contributed by atoms with van der Waals surface area (Å²) in [5, 5.41) is 13.3. The maximum absolute atomic E-state index is 14.3. The summed E-state index contributed by atoms with van der Waals surface area (Å²) in [5.41, 5.74) is 3.56. The Morgan fingerprint density at radius 1 is 1.16 bits per heavy atom. The minimum atomic E-state index is -0.782. The van der Waals surface area contributed by atoms with Gasteiger partial charge in [0.1, 0.15) is 11.5 Å². The highest BCUT2D eigenvalue weighted by molar-refractivity contribution is 5.81. The first-order valence-electron chi connectivity index (χ1n) is 10.2. The van der Waals surface area contributed by atoms with Crippen LogP contribution in [0.5, 0.6) is 11.5 Å². The van der Waals surface area contributed by atoms with Crippen molar-refractivity contribution in [3.05, 3.63) is 60.8 Å². The zero-order valence-corrected chi connectivity index (χ0v) is 17.5. The molecular weight excluding hydrogens is 413 g/mol. The molecule has 1 fully saturated rings. The fraction of sp³-hybridized carbons (Fsp3) is 0.217. The Labute approximate surface area is 183 Å². The van der Waals surface area contributed by atoms with Gasteiger partial charge < -0.3 is 24.8 Å². The van der Waals surface area contributed by atoms with Gasteiger partial charge in [-0.2, -0.15) is 0 Å². The first-order chi connectivity index (χ1) is 15.6. The van der Waals surface area contributed by atoms with Crippen molar-refractivity contribution >= 4 is 22.8 Å². The molecule has 1 saturated heterocycles. The van der Waals surface area contributed by atoms with E-state index in [0.717, 1.165) is 37.7 Å². The van der Waals surface area contributed by atoms with E-state index in [1.807, 2.05) is 16.5 Å². The number of ether oxygens (including phenoxy) is 2. The maximum Gasteiger partial charge on any atom is 0.194 e. The summed E-state index contributed by atoms with van der Waals surface area (Å²) in [4.78, 5) is 11.0. The van der Waals surface area contributed by atoms with Gasteiger partial charge in [0.05, 0.1) is 26.5 Å². The second-order valence-corrected chi connectivity index (χ2v) is 7.39. The number of fused-ring (bicyclic) bond motifs is 1. The lowest BCUT2D eigenvalue weighted by Gasteiger charge is -2.28. The van der Waals surface area contributed by atoms with Gasteiger partial charge in [-0.3, -0.25) is 9.38 Å². The fourth-order valence-electron chi connectivity index (χ4n) is 3.81. The SMILES string of the molecule is COc1cc(-c2nc3cnccn3c2Nc2ccc(N3CCOCC3)cc2)cc(F)c1O. The summed E-state index contributed by atoms with van der Waals surface area (Å²) in [6, 6.07) is 10.9. The highest BCUT2D eigenvalue weighted by atomic mass is 19.1. The molecule has 4 aromatic rings. The Bertz CT molecular complexity index is 1250. The summed E-state index contributed by atoms with van der Waals surface area (Å²) in [6.07, 6.45) is 5.07. The Balaban J connectivity index is 1.53. The highest BCUT2D eigenvalue weighted by Crippen LogP contribution is 2.38. The lowest BCUT2D eigenvalue weighted by Crippen LogP contribution is -2.36. The number of phenolic OH excluding ortho intramolecular Hbond substituents is 1. The molecule has 0 atom stereocenters. The molecule has 2 aromatic carbocycles. The van der Waals surface area contributed by atoms with Gasteiger partial charge in [-0.15, -0.1) is 0 Å². The van der Waals surface area contributed by atoms with Crippen LogP contribution < -0.4 is 15.0 Å². The van der Waals surface area contributed by atoms with Crippen LogP contribution >= 0.6 is 0 Å². The Morgan fingerprint density at radius 2 is 1.94 bits per heavy atom. The Morgan fingerprint density at radius 3 is 2.69 bits per heavy atom. The zero-order valence-electron chi connectivity index (χ0n) is 17.5. The molecule has 0 aliphatic carbocycles. The van der Waals surface area contributed by atoms with E-state index in [1.165, 1.54) is 13.2 Å². The number of anilines is 3. The number of imidazole rings is 1. The van der Waals surface area contributed by atoms with Crippen LogP contribution in [0.2, 0.25) is 0 Å². The van der Waals surface area contributed by atoms with Crippen LogP contribution in [-0.4, -0.2) is 52.9 Å². The van der Waals surface area contributed by atoms with Crippen LogP contribution in [-0.2, 0) is 4.74 Å². The third-order valence-electron chi connectivity index (χ3n) is 5.46. The van der Waals surface area contributed by atoms with Crippen LogP contribution in [0.4, 0.5) is 21.6 Å². The van der Waals surface area contributed by atoms with Gasteiger partial charge in [-0.05, 0) is 36.4 Å². The van der Waals surface area contributed by atoms with E-state index in [0.29, 0.717) is 22.7 Å². The number of nitrogens with zero attached hydrogens (tertiary/aromatic N) is 4. The van der Waals surface area contributed by atoms with Crippen molar-refractivity contribution in [1.29, 1.82) is 0 Å². The summed E-state index contributed by atoms with van der Waals surface area (Å²) in [7, 11) is 1.38. The number of phenols is 1. The average Bonchev–Trinajstić information content (AvgIpc) is 3.20. The van der Waals surface area contributed by atoms with Crippen LogP contribution in [0, 0.1) is 5.82 Å². The molecule has 32 heavy (non-hydrogen) atoms. The number of aromatic nitrogens is 3. The van der Waals surface area contributed by atoms with Crippen molar-refractivity contribution in [3.63, 3.8) is 0 Å². The molecule has 0 radical (unpaired) electrons. The van der Waals surface area contributed by atoms with Gasteiger partial charge in [-0.1, -0.05) is 0 Å². The normalized spacial score (nSPS) is 14.0. The number of morpholine rings is 1. The number of aromatic hydroxyl groups is 1. The molecule has 2 N–H and O–H groups in total. The van der Waals surface area contributed by atoms with Crippen molar-refractivity contribution in [2.75, 3.05) is 43.6 Å². The van der Waals surface area contributed by atoms with E-state index in [9.17, 15) is 9.50 Å². The Hall–Kier alpha value is -3.85. The first kappa shape index (κ1) is 20.1. The van der Waals surface area contributed by atoms with Gasteiger partial charge >= 0.3 is 0 Å². The minimum Gasteiger partial charge on any atom is -0.502 e. The molecule has 2 aromatic heterocycles. The second-order valence-electron chi connectivity index (χ2n) is 7.39. The topological polar surface area (TPSA) is 84.2 Å². The molecule has 0 bridgehead atoms. The van der Waals surface area contributed by atoms with E-state index < -0.39 is 11.6 Å². The number of methoxy groups -OCH3 is 1. The van der Waals surface area contributed by atoms with Crippen molar-refractivity contribution < 1.29 is 19.0 Å². The number of nitrogens with one attached hydrogen (secondary N) is 1. The van der Waals surface area contributed by atoms with E-state index >= 15 is 0 Å². The quantitative estimate of drug-likeness (QED) is 0.493. The van der Waals surface area contributed by atoms with Crippen molar-refractivity contribution in [1.82, 2.24) is 14.4 Å². The predicted octanol–water partition coefficient (Wildman–Crippen LogP) is 3.83. The molecule has 164 valence electrons. The fourth-order valence-corrected chi connectivity index (χ4v) is 3.81. The number of halogens is 1. The van der Waals surface area contributed by atoms with E-state index in [-0.39, 0.29) is 5.75 Å². The Kier molecular flexibility index (Phi) is 5.24. The van der Waals surface area contributed by atoms with Crippen molar-refractivity contribution in [2.45, 2.75) is 0 Å². The standard InChI is InChI=1S/C23H22FN5O3/c1-31-19-13-15(12-18(24)22(19)30)21-23(29-7-6-25-14-20(29)27-21)26-16-2-4-17(5-3-16)28-8-10-32-11-9-28/h2-7,12-14,26,30H,8-11H2,1H3. The molecular formula is C23H22FN5O3. The second kappa shape index (κ2) is 8.35. The number of rotatable bonds is 5. The lowest BCUT2D eigenvalue weighted by molar-refractivity contribution is 0.122. The summed E-state index contributed by atoms with van der Waals surface area (Å²) in [5.74, 6) is -0.630. The molecule has 1 aliphatic heterocycles. The lowest BCUT2D eigenvalue weighted by atomic mass is 10.1. The zero-order chi connectivity index (χ0) is 22.1. The summed E-state index contributed by atoms with van der Waals surface area (Å²) in [6.45, 7) is 3.19. The smallest absolute Gasteiger partial charge is 0.194 e. The molecule has 1 aliphatic rings. The molecule has 8 nitrogen and oxygen atoms in total. The summed E-state index contributed by atoms with van der Waals surface area (Å²) < 4.78 is 26.7. The van der Waals surface area contributed by atoms with Crippen molar-refractivity contribution in [3.8, 4) is 22.8 Å². The van der Waals surface area contributed by atoms with Gasteiger partial charge in [0, 0.05) is 42.4 Å². The molecule has 0 saturated carbocycles. The molecule has 3 heterocycles. The average molecular weight is 435 g/mol. The van der Waals surface area contributed by atoms with E-state index in [1.54, 1.807) is 24.7 Å². The molecule has 9 heteroatoms. The van der Waals surface area contributed by atoms with Crippen LogP contribution in [0.3, 0.4) is 0 Å². The predicted molar refractivity (Wildman–Crippen MR) is 119 cm³/mol. The molecule has 0 spiro atoms. The molecule has 0 amide bonds. The minimum absolute atomic E-state index is 0.0380.